The van der Waals surface area contributed by atoms with Gasteiger partial charge in [0.2, 0.25) is 0 Å². The molecular formula is C24H19N3O2S. The van der Waals surface area contributed by atoms with Crippen LogP contribution < -0.4 is 10.3 Å². The van der Waals surface area contributed by atoms with E-state index in [2.05, 4.69) is 11.2 Å². The standard InChI is InChI=1S/C24H19N3O2S/c1-29-21-9-5-3-7-18(21)19-15-30-22-14-25-27(24(28)23(19)22)13-12-17-11-10-16-6-2-4-8-20(16)26-17/h2-11,14-15H,12-13H2,1H3. The van der Waals surface area contributed by atoms with E-state index in [0.717, 1.165) is 38.2 Å². The first kappa shape index (κ1) is 18.5. The van der Waals surface area contributed by atoms with Crippen LogP contribution in [-0.2, 0) is 13.0 Å². The Morgan fingerprint density at radius 1 is 1.00 bits per heavy atom. The molecule has 0 fully saturated rings. The zero-order valence-electron chi connectivity index (χ0n) is 16.4. The molecule has 0 aliphatic rings. The number of rotatable bonds is 5. The normalized spacial score (nSPS) is 11.2. The van der Waals surface area contributed by atoms with Crippen LogP contribution in [0.1, 0.15) is 5.69 Å². The summed E-state index contributed by atoms with van der Waals surface area (Å²) < 4.78 is 7.91. The van der Waals surface area contributed by atoms with Gasteiger partial charge in [-0.15, -0.1) is 11.3 Å². The molecule has 2 aromatic carbocycles. The second kappa shape index (κ2) is 7.72. The van der Waals surface area contributed by atoms with Crippen LogP contribution in [0, 0.1) is 0 Å². The van der Waals surface area contributed by atoms with Gasteiger partial charge in [-0.3, -0.25) is 9.78 Å². The number of methoxy groups -OCH3 is 1. The van der Waals surface area contributed by atoms with E-state index in [1.165, 1.54) is 16.0 Å². The molecule has 148 valence electrons. The van der Waals surface area contributed by atoms with Gasteiger partial charge in [0, 0.05) is 34.0 Å². The minimum absolute atomic E-state index is 0.0876. The number of fused-ring (bicyclic) bond motifs is 2. The predicted octanol–water partition coefficient (Wildman–Crippen LogP) is 4.92. The van der Waals surface area contributed by atoms with Crippen LogP contribution >= 0.6 is 11.3 Å². The summed E-state index contributed by atoms with van der Waals surface area (Å²) in [4.78, 5) is 18.0. The van der Waals surface area contributed by atoms with Gasteiger partial charge in [0.15, 0.2) is 0 Å². The summed E-state index contributed by atoms with van der Waals surface area (Å²) in [6.07, 6.45) is 2.41. The largest absolute Gasteiger partial charge is 0.496 e. The van der Waals surface area contributed by atoms with E-state index in [0.29, 0.717) is 18.4 Å². The highest BCUT2D eigenvalue weighted by Crippen LogP contribution is 2.36. The Morgan fingerprint density at radius 3 is 2.73 bits per heavy atom. The Bertz CT molecular complexity index is 1420. The Labute approximate surface area is 177 Å². The fraction of sp³-hybridized carbons (Fsp3) is 0.125. The maximum Gasteiger partial charge on any atom is 0.276 e. The summed E-state index contributed by atoms with van der Waals surface area (Å²) in [7, 11) is 1.64. The summed E-state index contributed by atoms with van der Waals surface area (Å²) in [6.45, 7) is 0.474. The summed E-state index contributed by atoms with van der Waals surface area (Å²) in [5, 5.41) is 8.18. The molecule has 0 saturated heterocycles. The van der Waals surface area contributed by atoms with Gasteiger partial charge in [-0.05, 0) is 18.2 Å². The lowest BCUT2D eigenvalue weighted by Gasteiger charge is -2.08. The molecule has 3 aromatic heterocycles. The van der Waals surface area contributed by atoms with Crippen LogP contribution in [0.5, 0.6) is 5.75 Å². The van der Waals surface area contributed by atoms with Crippen molar-refractivity contribution >= 4 is 32.3 Å². The lowest BCUT2D eigenvalue weighted by atomic mass is 10.1. The van der Waals surface area contributed by atoms with Crippen molar-refractivity contribution in [3.8, 4) is 16.9 Å². The van der Waals surface area contributed by atoms with E-state index in [4.69, 9.17) is 9.72 Å². The Morgan fingerprint density at radius 2 is 1.83 bits per heavy atom. The molecule has 30 heavy (non-hydrogen) atoms. The van der Waals surface area contributed by atoms with Crippen LogP contribution in [-0.4, -0.2) is 21.9 Å². The molecule has 0 unspecified atom stereocenters. The van der Waals surface area contributed by atoms with Crippen molar-refractivity contribution in [2.45, 2.75) is 13.0 Å². The third kappa shape index (κ3) is 3.25. The molecule has 5 rings (SSSR count). The van der Waals surface area contributed by atoms with E-state index in [1.54, 1.807) is 13.3 Å². The van der Waals surface area contributed by atoms with Gasteiger partial charge in [-0.25, -0.2) is 4.68 Å². The molecule has 0 spiro atoms. The monoisotopic (exact) mass is 413 g/mol. The molecule has 0 aliphatic carbocycles. The second-order valence-corrected chi connectivity index (χ2v) is 7.92. The van der Waals surface area contributed by atoms with Gasteiger partial charge in [0.1, 0.15) is 5.75 Å². The van der Waals surface area contributed by atoms with Crippen LogP contribution in [0.3, 0.4) is 0 Å². The molecule has 0 atom stereocenters. The molecule has 0 N–H and O–H groups in total. The number of benzene rings is 2. The molecule has 0 saturated carbocycles. The van der Waals surface area contributed by atoms with Gasteiger partial charge in [0.25, 0.3) is 5.56 Å². The van der Waals surface area contributed by atoms with Gasteiger partial charge < -0.3 is 4.74 Å². The van der Waals surface area contributed by atoms with E-state index in [1.807, 2.05) is 60.0 Å². The highest BCUT2D eigenvalue weighted by Gasteiger charge is 2.15. The molecule has 0 bridgehead atoms. The lowest BCUT2D eigenvalue weighted by molar-refractivity contribution is 0.416. The molecule has 5 aromatic rings. The van der Waals surface area contributed by atoms with Crippen molar-refractivity contribution in [1.29, 1.82) is 0 Å². The topological polar surface area (TPSA) is 57.0 Å². The maximum absolute atomic E-state index is 13.3. The number of pyridine rings is 1. The minimum Gasteiger partial charge on any atom is -0.496 e. The van der Waals surface area contributed by atoms with E-state index in [9.17, 15) is 4.79 Å². The van der Waals surface area contributed by atoms with Crippen molar-refractivity contribution < 1.29 is 4.74 Å². The van der Waals surface area contributed by atoms with Crippen LogP contribution in [0.25, 0.3) is 32.1 Å². The quantitative estimate of drug-likeness (QED) is 0.410. The van der Waals surface area contributed by atoms with E-state index in [-0.39, 0.29) is 5.56 Å². The summed E-state index contributed by atoms with van der Waals surface area (Å²) in [5.41, 5.74) is 3.62. The third-order valence-corrected chi connectivity index (χ3v) is 6.13. The zero-order valence-corrected chi connectivity index (χ0v) is 17.2. The first-order valence-electron chi connectivity index (χ1n) is 9.70. The number of nitrogens with zero attached hydrogens (tertiary/aromatic N) is 3. The number of aromatic nitrogens is 3. The minimum atomic E-state index is -0.0876. The highest BCUT2D eigenvalue weighted by atomic mass is 32.1. The van der Waals surface area contributed by atoms with Gasteiger partial charge >= 0.3 is 0 Å². The van der Waals surface area contributed by atoms with E-state index < -0.39 is 0 Å². The molecule has 0 amide bonds. The third-order valence-electron chi connectivity index (χ3n) is 5.22. The molecular weight excluding hydrogens is 394 g/mol. The number of para-hydroxylation sites is 2. The fourth-order valence-corrected chi connectivity index (χ4v) is 4.60. The molecule has 6 heteroatoms. The number of hydrogen-bond donors (Lipinski definition) is 0. The average molecular weight is 414 g/mol. The zero-order chi connectivity index (χ0) is 20.5. The lowest BCUT2D eigenvalue weighted by Crippen LogP contribution is -2.23. The van der Waals surface area contributed by atoms with Crippen LogP contribution in [0.15, 0.2) is 77.0 Å². The number of thiophene rings is 1. The Balaban J connectivity index is 1.51. The molecule has 0 aliphatic heterocycles. The van der Waals surface area contributed by atoms with Gasteiger partial charge in [0.05, 0.1) is 35.5 Å². The molecule has 0 radical (unpaired) electrons. The number of hydrogen-bond acceptors (Lipinski definition) is 5. The SMILES string of the molecule is COc1ccccc1-c1csc2cnn(CCc3ccc4ccccc4n3)c(=O)c12. The fourth-order valence-electron chi connectivity index (χ4n) is 3.68. The van der Waals surface area contributed by atoms with Crippen LogP contribution in [0.2, 0.25) is 0 Å². The Hall–Kier alpha value is -3.51. The summed E-state index contributed by atoms with van der Waals surface area (Å²) in [5.74, 6) is 0.750. The van der Waals surface area contributed by atoms with E-state index >= 15 is 0 Å². The molecule has 3 heterocycles. The first-order valence-corrected chi connectivity index (χ1v) is 10.6. The summed E-state index contributed by atoms with van der Waals surface area (Å²) >= 11 is 1.52. The smallest absolute Gasteiger partial charge is 0.276 e. The van der Waals surface area contributed by atoms with Crippen LogP contribution in [0.4, 0.5) is 0 Å². The van der Waals surface area contributed by atoms with Gasteiger partial charge in [-0.1, -0.05) is 42.5 Å². The number of ether oxygens (including phenoxy) is 1. The first-order chi connectivity index (χ1) is 14.7. The predicted molar refractivity (Wildman–Crippen MR) is 121 cm³/mol. The maximum atomic E-state index is 13.3. The van der Waals surface area contributed by atoms with Gasteiger partial charge in [-0.2, -0.15) is 5.10 Å². The highest BCUT2D eigenvalue weighted by molar-refractivity contribution is 7.17. The molecule has 5 nitrogen and oxygen atoms in total. The van der Waals surface area contributed by atoms with Crippen molar-refractivity contribution in [2.24, 2.45) is 0 Å². The van der Waals surface area contributed by atoms with Crippen molar-refractivity contribution in [1.82, 2.24) is 14.8 Å². The summed E-state index contributed by atoms with van der Waals surface area (Å²) in [6, 6.07) is 19.9. The van der Waals surface area contributed by atoms with Crippen molar-refractivity contribution in [2.75, 3.05) is 7.11 Å². The number of aryl methyl sites for hydroxylation is 2. The second-order valence-electron chi connectivity index (χ2n) is 7.01. The average Bonchev–Trinajstić information content (AvgIpc) is 3.23. The van der Waals surface area contributed by atoms with Crippen molar-refractivity contribution in [3.05, 3.63) is 88.3 Å². The Kier molecular flexibility index (Phi) is 4.77. The van der Waals surface area contributed by atoms with Crippen molar-refractivity contribution in [3.63, 3.8) is 0 Å².